The molecular formula is C18H21ClN4OS. The number of hydrogen-bond donors (Lipinski definition) is 0. The first-order valence-corrected chi connectivity index (χ1v) is 9.76. The van der Waals surface area contributed by atoms with Crippen molar-refractivity contribution in [2.45, 2.75) is 31.0 Å². The molecule has 1 saturated heterocycles. The van der Waals surface area contributed by atoms with Gasteiger partial charge in [0, 0.05) is 30.2 Å². The van der Waals surface area contributed by atoms with Gasteiger partial charge in [0.2, 0.25) is 5.91 Å². The lowest BCUT2D eigenvalue weighted by atomic mass is 10.1. The number of allylic oxidation sites excluding steroid dienone is 1. The molecule has 2 heterocycles. The van der Waals surface area contributed by atoms with Gasteiger partial charge < -0.3 is 4.90 Å². The second-order valence-corrected chi connectivity index (χ2v) is 7.32. The Hall–Kier alpha value is -1.79. The molecule has 1 amide bonds. The van der Waals surface area contributed by atoms with Crippen LogP contribution in [-0.2, 0) is 11.3 Å². The van der Waals surface area contributed by atoms with E-state index in [9.17, 15) is 4.79 Å². The SMILES string of the molecule is C=CCn1c(SCC(=O)N2CCCCC2)nnc1-c1ccc(Cl)cc1. The van der Waals surface area contributed by atoms with Gasteiger partial charge in [-0.05, 0) is 43.5 Å². The molecule has 1 fully saturated rings. The van der Waals surface area contributed by atoms with Crippen LogP contribution in [0.4, 0.5) is 0 Å². The van der Waals surface area contributed by atoms with Crippen molar-refractivity contribution in [3.8, 4) is 11.4 Å². The molecule has 25 heavy (non-hydrogen) atoms. The molecule has 2 aromatic rings. The standard InChI is InChI=1S/C18H21ClN4OS/c1-2-10-23-17(14-6-8-15(19)9-7-14)20-21-18(23)25-13-16(24)22-11-4-3-5-12-22/h2,6-9H,1,3-5,10-13H2. The second-order valence-electron chi connectivity index (χ2n) is 5.94. The van der Waals surface area contributed by atoms with Gasteiger partial charge in [-0.15, -0.1) is 16.8 Å². The van der Waals surface area contributed by atoms with Gasteiger partial charge in [-0.25, -0.2) is 0 Å². The van der Waals surface area contributed by atoms with Crippen molar-refractivity contribution in [2.24, 2.45) is 0 Å². The number of hydrogen-bond acceptors (Lipinski definition) is 4. The zero-order chi connectivity index (χ0) is 17.6. The Morgan fingerprint density at radius 1 is 1.20 bits per heavy atom. The van der Waals surface area contributed by atoms with Gasteiger partial charge in [0.05, 0.1) is 5.75 Å². The Morgan fingerprint density at radius 3 is 2.60 bits per heavy atom. The molecule has 1 aromatic heterocycles. The van der Waals surface area contributed by atoms with Crippen LogP contribution in [0, 0.1) is 0 Å². The van der Waals surface area contributed by atoms with Crippen LogP contribution in [0.2, 0.25) is 5.02 Å². The summed E-state index contributed by atoms with van der Waals surface area (Å²) in [4.78, 5) is 14.3. The molecule has 0 unspecified atom stereocenters. The van der Waals surface area contributed by atoms with E-state index in [-0.39, 0.29) is 5.91 Å². The van der Waals surface area contributed by atoms with Crippen LogP contribution in [-0.4, -0.2) is 44.4 Å². The lowest BCUT2D eigenvalue weighted by Gasteiger charge is -2.26. The molecule has 1 aliphatic rings. The number of amides is 1. The first-order valence-electron chi connectivity index (χ1n) is 8.39. The number of carbonyl (C=O) groups excluding carboxylic acids is 1. The van der Waals surface area contributed by atoms with Crippen molar-refractivity contribution in [2.75, 3.05) is 18.8 Å². The minimum absolute atomic E-state index is 0.172. The van der Waals surface area contributed by atoms with Gasteiger partial charge in [0.25, 0.3) is 0 Å². The van der Waals surface area contributed by atoms with E-state index in [1.165, 1.54) is 18.2 Å². The summed E-state index contributed by atoms with van der Waals surface area (Å²) in [5.74, 6) is 1.31. The average Bonchev–Trinajstić information content (AvgIpc) is 3.04. The third-order valence-corrected chi connectivity index (χ3v) is 5.37. The largest absolute Gasteiger partial charge is 0.342 e. The normalized spacial score (nSPS) is 14.5. The molecule has 132 valence electrons. The van der Waals surface area contributed by atoms with Crippen LogP contribution < -0.4 is 0 Å². The van der Waals surface area contributed by atoms with Crippen LogP contribution in [0.1, 0.15) is 19.3 Å². The summed E-state index contributed by atoms with van der Waals surface area (Å²) < 4.78 is 1.98. The highest BCUT2D eigenvalue weighted by Crippen LogP contribution is 2.25. The number of thioether (sulfide) groups is 1. The fraction of sp³-hybridized carbons (Fsp3) is 0.389. The summed E-state index contributed by atoms with van der Waals surface area (Å²) >= 11 is 7.39. The Kier molecular flexibility index (Phi) is 6.15. The van der Waals surface area contributed by atoms with Crippen molar-refractivity contribution in [1.82, 2.24) is 19.7 Å². The maximum absolute atomic E-state index is 12.4. The second kappa shape index (κ2) is 8.54. The predicted octanol–water partition coefficient (Wildman–Crippen LogP) is 3.89. The van der Waals surface area contributed by atoms with Crippen molar-refractivity contribution in [3.63, 3.8) is 0 Å². The summed E-state index contributed by atoms with van der Waals surface area (Å²) in [6, 6.07) is 7.49. The molecule has 0 spiro atoms. The van der Waals surface area contributed by atoms with Gasteiger partial charge >= 0.3 is 0 Å². The molecule has 3 rings (SSSR count). The molecule has 1 aromatic carbocycles. The minimum Gasteiger partial charge on any atom is -0.342 e. The minimum atomic E-state index is 0.172. The smallest absolute Gasteiger partial charge is 0.233 e. The van der Waals surface area contributed by atoms with E-state index in [1.54, 1.807) is 6.08 Å². The zero-order valence-electron chi connectivity index (χ0n) is 14.0. The number of aromatic nitrogens is 3. The highest BCUT2D eigenvalue weighted by molar-refractivity contribution is 7.99. The highest BCUT2D eigenvalue weighted by atomic mass is 35.5. The third-order valence-electron chi connectivity index (χ3n) is 4.16. The summed E-state index contributed by atoms with van der Waals surface area (Å²) in [6.45, 7) is 6.14. The van der Waals surface area contributed by atoms with Gasteiger partial charge in [0.15, 0.2) is 11.0 Å². The zero-order valence-corrected chi connectivity index (χ0v) is 15.6. The van der Waals surface area contributed by atoms with Gasteiger partial charge in [-0.3, -0.25) is 9.36 Å². The Balaban J connectivity index is 1.73. The molecule has 0 aliphatic carbocycles. The molecule has 0 atom stereocenters. The van der Waals surface area contributed by atoms with E-state index in [1.807, 2.05) is 33.7 Å². The lowest BCUT2D eigenvalue weighted by Crippen LogP contribution is -2.36. The predicted molar refractivity (Wildman–Crippen MR) is 102 cm³/mol. The van der Waals surface area contributed by atoms with Crippen LogP contribution in [0.25, 0.3) is 11.4 Å². The molecule has 5 nitrogen and oxygen atoms in total. The first kappa shape index (κ1) is 18.0. The number of benzene rings is 1. The molecule has 0 N–H and O–H groups in total. The average molecular weight is 377 g/mol. The third kappa shape index (κ3) is 4.44. The Morgan fingerprint density at radius 2 is 1.92 bits per heavy atom. The van der Waals surface area contributed by atoms with Gasteiger partial charge in [0.1, 0.15) is 0 Å². The maximum atomic E-state index is 12.4. The fourth-order valence-electron chi connectivity index (χ4n) is 2.86. The van der Waals surface area contributed by atoms with E-state index >= 15 is 0 Å². The molecular weight excluding hydrogens is 356 g/mol. The maximum Gasteiger partial charge on any atom is 0.233 e. The van der Waals surface area contributed by atoms with Crippen molar-refractivity contribution in [1.29, 1.82) is 0 Å². The molecule has 0 saturated carbocycles. The van der Waals surface area contributed by atoms with E-state index in [0.29, 0.717) is 17.3 Å². The van der Waals surface area contributed by atoms with Crippen molar-refractivity contribution < 1.29 is 4.79 Å². The summed E-state index contributed by atoms with van der Waals surface area (Å²) in [5, 5.41) is 9.99. The Labute approximate surface area is 157 Å². The van der Waals surface area contributed by atoms with Crippen LogP contribution >= 0.6 is 23.4 Å². The number of carbonyl (C=O) groups is 1. The van der Waals surface area contributed by atoms with Crippen LogP contribution in [0.5, 0.6) is 0 Å². The Bertz CT molecular complexity index is 738. The van der Waals surface area contributed by atoms with E-state index < -0.39 is 0 Å². The molecule has 7 heteroatoms. The van der Waals surface area contributed by atoms with E-state index in [0.717, 1.165) is 42.5 Å². The number of rotatable bonds is 6. The monoisotopic (exact) mass is 376 g/mol. The topological polar surface area (TPSA) is 51.0 Å². The number of piperidine rings is 1. The highest BCUT2D eigenvalue weighted by Gasteiger charge is 2.19. The fourth-order valence-corrected chi connectivity index (χ4v) is 3.84. The molecule has 0 radical (unpaired) electrons. The van der Waals surface area contributed by atoms with Crippen LogP contribution in [0.3, 0.4) is 0 Å². The van der Waals surface area contributed by atoms with Crippen molar-refractivity contribution in [3.05, 3.63) is 41.9 Å². The van der Waals surface area contributed by atoms with E-state index in [4.69, 9.17) is 11.6 Å². The van der Waals surface area contributed by atoms with E-state index in [2.05, 4.69) is 16.8 Å². The number of likely N-dealkylation sites (tertiary alicyclic amines) is 1. The summed E-state index contributed by atoms with van der Waals surface area (Å²) in [7, 11) is 0. The first-order chi connectivity index (χ1) is 12.2. The van der Waals surface area contributed by atoms with Gasteiger partial charge in [-0.2, -0.15) is 0 Å². The number of halogens is 1. The van der Waals surface area contributed by atoms with Crippen LogP contribution in [0.15, 0.2) is 42.1 Å². The quantitative estimate of drug-likeness (QED) is 0.567. The van der Waals surface area contributed by atoms with Gasteiger partial charge in [-0.1, -0.05) is 29.4 Å². The van der Waals surface area contributed by atoms with Crippen molar-refractivity contribution >= 4 is 29.3 Å². The molecule has 0 bridgehead atoms. The summed E-state index contributed by atoms with van der Waals surface area (Å²) in [6.07, 6.45) is 5.22. The summed E-state index contributed by atoms with van der Waals surface area (Å²) in [5.41, 5.74) is 0.938. The number of nitrogens with zero attached hydrogens (tertiary/aromatic N) is 4. The lowest BCUT2D eigenvalue weighted by molar-refractivity contribution is -0.129. The molecule has 1 aliphatic heterocycles.